The summed E-state index contributed by atoms with van der Waals surface area (Å²) in [5, 5.41) is 0.169. The number of rotatable bonds is 4. The van der Waals surface area contributed by atoms with Gasteiger partial charge in [-0.05, 0) is 78.4 Å². The number of hydrogen-bond donors (Lipinski definition) is 0. The fourth-order valence-electron chi connectivity index (χ4n) is 7.35. The van der Waals surface area contributed by atoms with Crippen LogP contribution in [0.4, 0.5) is 64.1 Å². The minimum atomic E-state index is -4.91. The minimum Gasteiger partial charge on any atom is -0.333 e. The third-order valence-corrected chi connectivity index (χ3v) is 9.82. The molecule has 0 spiro atoms. The zero-order chi connectivity index (χ0) is 40.1. The van der Waals surface area contributed by atoms with E-state index in [4.69, 9.17) is 0 Å². The maximum absolute atomic E-state index is 14.1. The van der Waals surface area contributed by atoms with Gasteiger partial charge in [-0.3, -0.25) is 9.78 Å². The van der Waals surface area contributed by atoms with Crippen LogP contribution in [0.15, 0.2) is 121 Å². The monoisotopic (exact) mass is 787 g/mol. The molecule has 0 saturated carbocycles. The number of halogens is 12. The molecule has 286 valence electrons. The van der Waals surface area contributed by atoms with E-state index in [1.165, 1.54) is 42.6 Å². The summed E-state index contributed by atoms with van der Waals surface area (Å²) in [6.07, 6.45) is -15.5. The van der Waals surface area contributed by atoms with Gasteiger partial charge in [0.15, 0.2) is 0 Å². The van der Waals surface area contributed by atoms with Gasteiger partial charge < -0.3 is 9.47 Å². The Morgan fingerprint density at radius 2 is 1.18 bits per heavy atom. The zero-order valence-electron chi connectivity index (χ0n) is 27.9. The molecule has 0 N–H and O–H groups in total. The topological polar surface area (TPSA) is 38.1 Å². The molecule has 1 aliphatic heterocycles. The van der Waals surface area contributed by atoms with E-state index in [0.717, 1.165) is 70.1 Å². The van der Waals surface area contributed by atoms with Crippen LogP contribution in [0.2, 0.25) is 0 Å². The molecule has 0 bridgehead atoms. The summed E-state index contributed by atoms with van der Waals surface area (Å²) < 4.78 is 170. The van der Waals surface area contributed by atoms with Crippen molar-refractivity contribution in [2.75, 3.05) is 4.90 Å². The number of carbonyl (C=O) groups is 1. The van der Waals surface area contributed by atoms with Gasteiger partial charge in [0.25, 0.3) is 0 Å². The van der Waals surface area contributed by atoms with E-state index in [9.17, 15) is 57.5 Å². The number of anilines is 2. The van der Waals surface area contributed by atoms with Crippen LogP contribution in [-0.2, 0) is 18.5 Å². The first-order valence-corrected chi connectivity index (χ1v) is 16.5. The standard InChI is InChI=1S/C40H21F12N3O/c41-37(42,43)21-4-8-27-28-9-5-22(38(44,45)46)16-33(28)54(32(27)15-21)25-13-20(36(56)31-3-1-2-12-53-31)14-26(19-25)55-34-17-23(39(47,48)49)6-10-29(34)30-11-7-24(18-35(30)55)40(50,51)52/h1-19,27,32H. The van der Waals surface area contributed by atoms with Gasteiger partial charge in [-0.2, -0.15) is 52.7 Å². The van der Waals surface area contributed by atoms with E-state index >= 15 is 0 Å². The van der Waals surface area contributed by atoms with Crippen LogP contribution in [0.3, 0.4) is 0 Å². The highest BCUT2D eigenvalue weighted by molar-refractivity contribution is 6.11. The van der Waals surface area contributed by atoms with Gasteiger partial charge in [-0.15, -0.1) is 0 Å². The number of ketones is 1. The second-order valence-corrected chi connectivity index (χ2v) is 13.2. The number of allylic oxidation sites excluding steroid dienone is 2. The molecule has 2 unspecified atom stereocenters. The smallest absolute Gasteiger partial charge is 0.333 e. The molecule has 6 aromatic rings. The highest BCUT2D eigenvalue weighted by Crippen LogP contribution is 2.52. The van der Waals surface area contributed by atoms with Crippen LogP contribution >= 0.6 is 0 Å². The van der Waals surface area contributed by atoms with Gasteiger partial charge in [0.2, 0.25) is 5.78 Å². The van der Waals surface area contributed by atoms with Crippen molar-refractivity contribution >= 4 is 39.0 Å². The number of carbonyl (C=O) groups excluding carboxylic acids is 1. The summed E-state index contributed by atoms with van der Waals surface area (Å²) in [6.45, 7) is 0. The lowest BCUT2D eigenvalue weighted by atomic mass is 9.88. The van der Waals surface area contributed by atoms with E-state index in [1.54, 1.807) is 0 Å². The molecule has 0 amide bonds. The van der Waals surface area contributed by atoms with E-state index in [1.807, 2.05) is 0 Å². The summed E-state index contributed by atoms with van der Waals surface area (Å²) >= 11 is 0. The number of aromatic nitrogens is 2. The quantitative estimate of drug-likeness (QED) is 0.132. The van der Waals surface area contributed by atoms with Gasteiger partial charge in [0, 0.05) is 45.5 Å². The van der Waals surface area contributed by atoms with E-state index in [0.29, 0.717) is 12.1 Å². The molecule has 0 saturated heterocycles. The van der Waals surface area contributed by atoms with Crippen molar-refractivity contribution in [2.45, 2.75) is 36.7 Å². The predicted molar refractivity (Wildman–Crippen MR) is 182 cm³/mol. The van der Waals surface area contributed by atoms with Crippen LogP contribution in [-0.4, -0.2) is 27.6 Å². The number of fused-ring (bicyclic) bond motifs is 6. The first-order valence-electron chi connectivity index (χ1n) is 16.5. The summed E-state index contributed by atoms with van der Waals surface area (Å²) in [4.78, 5) is 19.2. The Morgan fingerprint density at radius 3 is 1.73 bits per heavy atom. The average molecular weight is 788 g/mol. The molecule has 4 nitrogen and oxygen atoms in total. The molecule has 2 atom stereocenters. The molecule has 16 heteroatoms. The van der Waals surface area contributed by atoms with Crippen LogP contribution in [0.5, 0.6) is 0 Å². The fraction of sp³-hybridized carbons (Fsp3) is 0.150. The molecule has 4 aromatic carbocycles. The first-order chi connectivity index (χ1) is 26.2. The van der Waals surface area contributed by atoms with Crippen molar-refractivity contribution in [1.29, 1.82) is 0 Å². The minimum absolute atomic E-state index is 0.0845. The van der Waals surface area contributed by atoms with E-state index in [2.05, 4.69) is 4.98 Å². The van der Waals surface area contributed by atoms with Crippen LogP contribution in [0.1, 0.15) is 44.2 Å². The SMILES string of the molecule is O=C(c1cc(N2c3cc(C(F)(F)F)ccc3C3C=CC(C(F)(F)F)=CC32)cc(-n2c3cc(C(F)(F)F)ccc3c3ccc(C(F)(F)F)cc32)c1)c1ccccn1. The third-order valence-electron chi connectivity index (χ3n) is 9.82. The Labute approximate surface area is 307 Å². The van der Waals surface area contributed by atoms with Crippen LogP contribution in [0, 0.1) is 0 Å². The molecular weight excluding hydrogens is 766 g/mol. The van der Waals surface area contributed by atoms with E-state index in [-0.39, 0.29) is 55.7 Å². The molecule has 1 aliphatic carbocycles. The predicted octanol–water partition coefficient (Wildman–Crippen LogP) is 12.1. The zero-order valence-corrected chi connectivity index (χ0v) is 27.9. The largest absolute Gasteiger partial charge is 0.416 e. The van der Waals surface area contributed by atoms with Crippen molar-refractivity contribution in [1.82, 2.24) is 9.55 Å². The highest BCUT2D eigenvalue weighted by Gasteiger charge is 2.44. The Morgan fingerprint density at radius 1 is 0.607 bits per heavy atom. The maximum Gasteiger partial charge on any atom is 0.416 e. The molecule has 2 aromatic heterocycles. The molecule has 8 rings (SSSR count). The molecule has 2 aliphatic rings. The number of pyridine rings is 1. The Hall–Kier alpha value is -6.06. The Bertz CT molecular complexity index is 2560. The summed E-state index contributed by atoms with van der Waals surface area (Å²) in [5.41, 5.74) is -5.91. The average Bonchev–Trinajstić information content (AvgIpc) is 3.64. The third kappa shape index (κ3) is 6.26. The molecule has 3 heterocycles. The van der Waals surface area contributed by atoms with Crippen LogP contribution < -0.4 is 4.90 Å². The lowest BCUT2D eigenvalue weighted by Crippen LogP contribution is -2.31. The molecule has 56 heavy (non-hydrogen) atoms. The summed E-state index contributed by atoms with van der Waals surface area (Å²) in [5.74, 6) is -1.74. The lowest BCUT2D eigenvalue weighted by Gasteiger charge is -2.31. The van der Waals surface area contributed by atoms with Crippen molar-refractivity contribution in [3.8, 4) is 5.69 Å². The Balaban J connectivity index is 1.46. The summed E-state index contributed by atoms with van der Waals surface area (Å²) in [7, 11) is 0. The normalized spacial score (nSPS) is 17.4. The second kappa shape index (κ2) is 12.5. The number of nitrogens with zero attached hydrogens (tertiary/aromatic N) is 3. The fourth-order valence-corrected chi connectivity index (χ4v) is 7.35. The first kappa shape index (κ1) is 36.9. The van der Waals surface area contributed by atoms with Crippen molar-refractivity contribution < 1.29 is 57.5 Å². The highest BCUT2D eigenvalue weighted by atomic mass is 19.4. The van der Waals surface area contributed by atoms with E-state index < -0.39 is 64.7 Å². The van der Waals surface area contributed by atoms with Crippen molar-refractivity contribution in [2.24, 2.45) is 0 Å². The van der Waals surface area contributed by atoms with Gasteiger partial charge in [-0.1, -0.05) is 36.4 Å². The van der Waals surface area contributed by atoms with Crippen LogP contribution in [0.25, 0.3) is 27.5 Å². The number of hydrogen-bond acceptors (Lipinski definition) is 3. The van der Waals surface area contributed by atoms with Crippen molar-refractivity contribution in [3.63, 3.8) is 0 Å². The van der Waals surface area contributed by atoms with Gasteiger partial charge >= 0.3 is 24.7 Å². The lowest BCUT2D eigenvalue weighted by molar-refractivity contribution is -0.138. The van der Waals surface area contributed by atoms with Gasteiger partial charge in [-0.25, -0.2) is 0 Å². The number of alkyl halides is 12. The second-order valence-electron chi connectivity index (χ2n) is 13.2. The van der Waals surface area contributed by atoms with Gasteiger partial charge in [0.1, 0.15) is 5.69 Å². The molecule has 0 fully saturated rings. The Kier molecular flexibility index (Phi) is 8.22. The number of benzene rings is 4. The van der Waals surface area contributed by atoms with Crippen molar-refractivity contribution in [3.05, 3.63) is 155 Å². The molecule has 0 radical (unpaired) electrons. The maximum atomic E-state index is 14.1. The van der Waals surface area contributed by atoms with Gasteiger partial charge in [0.05, 0.1) is 39.3 Å². The molecular formula is C40H21F12N3O. The summed E-state index contributed by atoms with van der Waals surface area (Å²) in [6, 6.07) is 14.2.